The van der Waals surface area contributed by atoms with Crippen LogP contribution in [0, 0.1) is 5.92 Å². The summed E-state index contributed by atoms with van der Waals surface area (Å²) < 4.78 is 33.6. The molecule has 2 aliphatic rings. The summed E-state index contributed by atoms with van der Waals surface area (Å²) in [6, 6.07) is 6.01. The van der Waals surface area contributed by atoms with Crippen molar-refractivity contribution < 1.29 is 17.9 Å². The number of rotatable bonds is 4. The SMILES string of the molecule is CS(=O)(=O)C[C@H]1CCCN(Cc2ccc3c(c2)OCO3)C1. The molecule has 1 atom stereocenters. The van der Waals surface area contributed by atoms with Crippen LogP contribution in [-0.2, 0) is 16.4 Å². The molecule has 2 aliphatic heterocycles. The Morgan fingerprint density at radius 2 is 2.10 bits per heavy atom. The second kappa shape index (κ2) is 5.85. The Bertz CT molecular complexity index is 614. The zero-order chi connectivity index (χ0) is 14.9. The molecule has 3 rings (SSSR count). The first-order valence-electron chi connectivity index (χ1n) is 7.28. The first-order chi connectivity index (χ1) is 9.99. The van der Waals surface area contributed by atoms with E-state index in [1.165, 1.54) is 11.8 Å². The third-order valence-electron chi connectivity index (χ3n) is 3.98. The molecular formula is C15H21NO4S. The Kier molecular flexibility index (Phi) is 4.08. The van der Waals surface area contributed by atoms with E-state index in [-0.39, 0.29) is 5.92 Å². The van der Waals surface area contributed by atoms with Gasteiger partial charge in [-0.2, -0.15) is 0 Å². The average Bonchev–Trinajstić information content (AvgIpc) is 2.84. The third-order valence-corrected chi connectivity index (χ3v) is 5.06. The van der Waals surface area contributed by atoms with E-state index in [0.717, 1.165) is 44.0 Å². The fraction of sp³-hybridized carbons (Fsp3) is 0.600. The van der Waals surface area contributed by atoms with Gasteiger partial charge in [0.1, 0.15) is 9.84 Å². The molecule has 0 N–H and O–H groups in total. The van der Waals surface area contributed by atoms with Gasteiger partial charge in [0, 0.05) is 19.3 Å². The molecule has 1 aromatic rings. The standard InChI is InChI=1S/C15H21NO4S/c1-21(17,18)10-13-3-2-6-16(9-13)8-12-4-5-14-15(7-12)20-11-19-14/h4-5,7,13H,2-3,6,8-11H2,1H3/t13-/m0/s1. The van der Waals surface area contributed by atoms with Crippen LogP contribution in [0.5, 0.6) is 11.5 Å². The summed E-state index contributed by atoms with van der Waals surface area (Å²) >= 11 is 0. The second-order valence-corrected chi connectivity index (χ2v) is 8.21. The Morgan fingerprint density at radius 1 is 1.29 bits per heavy atom. The molecule has 0 bridgehead atoms. The number of ether oxygens (including phenoxy) is 2. The molecule has 1 fully saturated rings. The van der Waals surface area contributed by atoms with Crippen LogP contribution in [0.4, 0.5) is 0 Å². The lowest BCUT2D eigenvalue weighted by atomic mass is 9.99. The van der Waals surface area contributed by atoms with Crippen LogP contribution < -0.4 is 9.47 Å². The fourth-order valence-electron chi connectivity index (χ4n) is 3.16. The molecule has 116 valence electrons. The maximum Gasteiger partial charge on any atom is 0.231 e. The van der Waals surface area contributed by atoms with Gasteiger partial charge in [0.15, 0.2) is 11.5 Å². The first kappa shape index (κ1) is 14.7. The van der Waals surface area contributed by atoms with Gasteiger partial charge in [0.2, 0.25) is 6.79 Å². The molecule has 6 heteroatoms. The molecule has 0 unspecified atom stereocenters. The van der Waals surface area contributed by atoms with E-state index in [2.05, 4.69) is 4.90 Å². The molecule has 1 saturated heterocycles. The number of sulfone groups is 1. The molecule has 0 aliphatic carbocycles. The van der Waals surface area contributed by atoms with Crippen molar-refractivity contribution in [3.63, 3.8) is 0 Å². The number of piperidine rings is 1. The smallest absolute Gasteiger partial charge is 0.231 e. The van der Waals surface area contributed by atoms with E-state index in [4.69, 9.17) is 9.47 Å². The number of benzene rings is 1. The highest BCUT2D eigenvalue weighted by molar-refractivity contribution is 7.90. The Hall–Kier alpha value is -1.27. The average molecular weight is 311 g/mol. The van der Waals surface area contributed by atoms with E-state index < -0.39 is 9.84 Å². The molecule has 0 saturated carbocycles. The van der Waals surface area contributed by atoms with Crippen molar-refractivity contribution >= 4 is 9.84 Å². The van der Waals surface area contributed by atoms with Crippen molar-refractivity contribution in [2.75, 3.05) is 31.9 Å². The highest BCUT2D eigenvalue weighted by Crippen LogP contribution is 2.33. The highest BCUT2D eigenvalue weighted by Gasteiger charge is 2.23. The lowest BCUT2D eigenvalue weighted by Gasteiger charge is -2.32. The van der Waals surface area contributed by atoms with Crippen molar-refractivity contribution in [2.24, 2.45) is 5.92 Å². The molecule has 5 nitrogen and oxygen atoms in total. The van der Waals surface area contributed by atoms with Crippen LogP contribution >= 0.6 is 0 Å². The number of hydrogen-bond acceptors (Lipinski definition) is 5. The maximum atomic E-state index is 11.4. The minimum Gasteiger partial charge on any atom is -0.454 e. The molecule has 0 amide bonds. The molecule has 2 heterocycles. The van der Waals surface area contributed by atoms with Crippen LogP contribution in [0.1, 0.15) is 18.4 Å². The summed E-state index contributed by atoms with van der Waals surface area (Å²) in [5, 5.41) is 0. The largest absolute Gasteiger partial charge is 0.454 e. The van der Waals surface area contributed by atoms with Crippen LogP contribution in [0.2, 0.25) is 0 Å². The minimum atomic E-state index is -2.89. The zero-order valence-electron chi connectivity index (χ0n) is 12.2. The number of hydrogen-bond donors (Lipinski definition) is 0. The molecule has 1 aromatic carbocycles. The Balaban J connectivity index is 1.62. The van der Waals surface area contributed by atoms with Crippen molar-refractivity contribution in [2.45, 2.75) is 19.4 Å². The number of nitrogens with zero attached hydrogens (tertiary/aromatic N) is 1. The van der Waals surface area contributed by atoms with Crippen LogP contribution in [0.3, 0.4) is 0 Å². The summed E-state index contributed by atoms with van der Waals surface area (Å²) in [6.07, 6.45) is 3.39. The summed E-state index contributed by atoms with van der Waals surface area (Å²) in [5.41, 5.74) is 1.18. The van der Waals surface area contributed by atoms with E-state index in [9.17, 15) is 8.42 Å². The summed E-state index contributed by atoms with van der Waals surface area (Å²) in [7, 11) is -2.89. The zero-order valence-corrected chi connectivity index (χ0v) is 13.1. The fourth-order valence-corrected chi connectivity index (χ4v) is 4.28. The number of likely N-dealkylation sites (tertiary alicyclic amines) is 1. The normalized spacial score (nSPS) is 22.4. The van der Waals surface area contributed by atoms with Gasteiger partial charge in [-0.05, 0) is 43.0 Å². The number of fused-ring (bicyclic) bond motifs is 1. The van der Waals surface area contributed by atoms with Crippen LogP contribution in [0.25, 0.3) is 0 Å². The predicted octanol–water partition coefficient (Wildman–Crippen LogP) is 1.67. The third kappa shape index (κ3) is 3.89. The van der Waals surface area contributed by atoms with Gasteiger partial charge >= 0.3 is 0 Å². The molecule has 21 heavy (non-hydrogen) atoms. The van der Waals surface area contributed by atoms with Gasteiger partial charge in [-0.25, -0.2) is 8.42 Å². The van der Waals surface area contributed by atoms with E-state index in [0.29, 0.717) is 12.5 Å². The molecule has 0 spiro atoms. The summed E-state index contributed by atoms with van der Waals surface area (Å²) in [4.78, 5) is 2.33. The summed E-state index contributed by atoms with van der Waals surface area (Å²) in [5.74, 6) is 2.15. The molecular weight excluding hydrogens is 290 g/mol. The van der Waals surface area contributed by atoms with Crippen molar-refractivity contribution in [3.05, 3.63) is 23.8 Å². The van der Waals surface area contributed by atoms with Gasteiger partial charge in [-0.15, -0.1) is 0 Å². The van der Waals surface area contributed by atoms with Gasteiger partial charge in [-0.1, -0.05) is 6.07 Å². The summed E-state index contributed by atoms with van der Waals surface area (Å²) in [6.45, 7) is 2.99. The molecule has 0 radical (unpaired) electrons. The second-order valence-electron chi connectivity index (χ2n) is 6.02. The van der Waals surface area contributed by atoms with Gasteiger partial charge in [-0.3, -0.25) is 4.90 Å². The Labute approximate surface area is 125 Å². The van der Waals surface area contributed by atoms with Crippen LogP contribution in [0.15, 0.2) is 18.2 Å². The van der Waals surface area contributed by atoms with E-state index in [1.54, 1.807) is 0 Å². The van der Waals surface area contributed by atoms with E-state index in [1.807, 2.05) is 18.2 Å². The van der Waals surface area contributed by atoms with Gasteiger partial charge < -0.3 is 9.47 Å². The topological polar surface area (TPSA) is 55.8 Å². The quantitative estimate of drug-likeness (QED) is 0.846. The molecule has 0 aromatic heterocycles. The highest BCUT2D eigenvalue weighted by atomic mass is 32.2. The maximum absolute atomic E-state index is 11.4. The predicted molar refractivity (Wildman–Crippen MR) is 80.3 cm³/mol. The van der Waals surface area contributed by atoms with Crippen molar-refractivity contribution in [3.8, 4) is 11.5 Å². The van der Waals surface area contributed by atoms with Crippen molar-refractivity contribution in [1.29, 1.82) is 0 Å². The monoisotopic (exact) mass is 311 g/mol. The lowest BCUT2D eigenvalue weighted by Crippen LogP contribution is -2.37. The van der Waals surface area contributed by atoms with E-state index >= 15 is 0 Å². The minimum absolute atomic E-state index is 0.253. The van der Waals surface area contributed by atoms with Gasteiger partial charge in [0.25, 0.3) is 0 Å². The van der Waals surface area contributed by atoms with Gasteiger partial charge in [0.05, 0.1) is 5.75 Å². The first-order valence-corrected chi connectivity index (χ1v) is 9.34. The Morgan fingerprint density at radius 3 is 2.90 bits per heavy atom. The van der Waals surface area contributed by atoms with Crippen LogP contribution in [-0.4, -0.2) is 45.2 Å². The van der Waals surface area contributed by atoms with Crippen molar-refractivity contribution in [1.82, 2.24) is 4.90 Å². The lowest BCUT2D eigenvalue weighted by molar-refractivity contribution is 0.173.